The van der Waals surface area contributed by atoms with E-state index in [0.717, 1.165) is 26.7 Å². The first-order valence-corrected chi connectivity index (χ1v) is 18.5. The van der Waals surface area contributed by atoms with Gasteiger partial charge in [-0.15, -0.1) is 21.5 Å². The number of nitriles is 1. The van der Waals surface area contributed by atoms with Gasteiger partial charge in [0.2, 0.25) is 9.84 Å². The number of aromatic amines is 1. The van der Waals surface area contributed by atoms with Gasteiger partial charge in [-0.1, -0.05) is 96.2 Å². The van der Waals surface area contributed by atoms with Gasteiger partial charge in [0.1, 0.15) is 7.14 Å². The van der Waals surface area contributed by atoms with Crippen LogP contribution in [-0.4, -0.2) is 40.7 Å². The molecule has 0 amide bonds. The van der Waals surface area contributed by atoms with Crippen molar-refractivity contribution in [2.45, 2.75) is 32.6 Å². The molecule has 1 N–H and O–H groups in total. The Balaban J connectivity index is 0.000000168. The number of nitrogens with zero attached hydrogens (tertiary/aromatic N) is 5. The molecule has 1 aliphatic rings. The predicted octanol–water partition coefficient (Wildman–Crippen LogP) is 7.11. The van der Waals surface area contributed by atoms with Crippen molar-refractivity contribution in [1.82, 2.24) is 25.6 Å². The zero-order valence-electron chi connectivity index (χ0n) is 26.2. The zero-order valence-corrected chi connectivity index (χ0v) is 28.7. The lowest BCUT2D eigenvalue weighted by atomic mass is 10.2. The number of fused-ring (bicyclic) bond motifs is 2. The Bertz CT molecular complexity index is 1980. The Morgan fingerprint density at radius 1 is 0.804 bits per heavy atom. The van der Waals surface area contributed by atoms with E-state index in [1.807, 2.05) is 105 Å². The maximum Gasteiger partial charge on any atom is 0.203 e. The maximum atomic E-state index is 12.6. The molecule has 0 bridgehead atoms. The second kappa shape index (κ2) is 17.1. The van der Waals surface area contributed by atoms with E-state index in [1.54, 1.807) is 49.5 Å². The van der Waals surface area contributed by atoms with E-state index in [2.05, 4.69) is 31.7 Å². The van der Waals surface area contributed by atoms with Crippen molar-refractivity contribution in [3.8, 4) is 6.07 Å². The second-order valence-electron chi connectivity index (χ2n) is 9.77. The summed E-state index contributed by atoms with van der Waals surface area (Å²) in [7, 11) is -5.52. The highest BCUT2D eigenvalue weighted by Crippen LogP contribution is 2.38. The molecule has 2 aromatic heterocycles. The number of thiazole rings is 1. The van der Waals surface area contributed by atoms with Gasteiger partial charge in [-0.3, -0.25) is 0 Å². The number of aromatic nitrogens is 5. The van der Waals surface area contributed by atoms with E-state index >= 15 is 0 Å². The number of nitrogens with one attached hydrogen (secondary N) is 1. The average Bonchev–Trinajstić information content (AvgIpc) is 3.76. The molecule has 6 aromatic rings. The van der Waals surface area contributed by atoms with Crippen LogP contribution in [-0.2, 0) is 14.4 Å². The Kier molecular flexibility index (Phi) is 13.3. The summed E-state index contributed by atoms with van der Waals surface area (Å²) in [5.74, 6) is 0.676. The molecule has 7 rings (SSSR count). The summed E-state index contributed by atoms with van der Waals surface area (Å²) in [6, 6.07) is 36.2. The van der Waals surface area contributed by atoms with Crippen LogP contribution >= 0.6 is 18.5 Å². The minimum Gasteiger partial charge on any atom is -0.314 e. The fourth-order valence-electron chi connectivity index (χ4n) is 4.09. The second-order valence-corrected chi connectivity index (χ2v) is 16.0. The quantitative estimate of drug-likeness (QED) is 0.192. The van der Waals surface area contributed by atoms with Crippen LogP contribution in [0.1, 0.15) is 30.2 Å². The van der Waals surface area contributed by atoms with Crippen LogP contribution in [0.2, 0.25) is 0 Å². The molecule has 12 heteroatoms. The first kappa shape index (κ1) is 35.7. The summed E-state index contributed by atoms with van der Waals surface area (Å²) < 4.78 is 36.9. The lowest BCUT2D eigenvalue weighted by Gasteiger charge is -2.13. The maximum absolute atomic E-state index is 12.6. The van der Waals surface area contributed by atoms with Crippen molar-refractivity contribution < 1.29 is 13.0 Å². The van der Waals surface area contributed by atoms with Gasteiger partial charge >= 0.3 is 0 Å². The summed E-state index contributed by atoms with van der Waals surface area (Å²) >= 11 is 1.74. The largest absolute Gasteiger partial charge is 0.314 e. The number of aryl methyl sites for hydroxylation is 2. The SMILES string of the molecule is CC#N.CC1=Cc2ccccc2S1(=O)=O.CP(=O)(c1ccccc1)c1ccccc1.Cc1nc2ccccc2s1.Cc1nn[nH]n1. The van der Waals surface area contributed by atoms with Gasteiger partial charge in [0, 0.05) is 22.4 Å². The molecule has 4 aromatic carbocycles. The zero-order chi connectivity index (χ0) is 33.6. The van der Waals surface area contributed by atoms with Crippen molar-refractivity contribution in [3.63, 3.8) is 0 Å². The number of rotatable bonds is 2. The number of allylic oxidation sites excluding steroid dienone is 1. The van der Waals surface area contributed by atoms with Gasteiger partial charge in [-0.25, -0.2) is 13.4 Å². The third kappa shape index (κ3) is 9.88. The lowest BCUT2D eigenvalue weighted by Crippen LogP contribution is -2.14. The molecule has 1 aliphatic heterocycles. The van der Waals surface area contributed by atoms with Gasteiger partial charge in [0.05, 0.1) is 26.2 Å². The number of para-hydroxylation sites is 1. The molecule has 46 heavy (non-hydrogen) atoms. The summed E-state index contributed by atoms with van der Waals surface area (Å²) in [6.45, 7) is 8.67. The minimum atomic E-state index is -3.12. The first-order chi connectivity index (χ1) is 22.0. The van der Waals surface area contributed by atoms with Crippen molar-refractivity contribution in [3.05, 3.63) is 130 Å². The van der Waals surface area contributed by atoms with Crippen LogP contribution in [0, 0.1) is 25.2 Å². The number of tetrazole rings is 1. The van der Waals surface area contributed by atoms with E-state index in [9.17, 15) is 13.0 Å². The van der Waals surface area contributed by atoms with Crippen LogP contribution in [0.5, 0.6) is 0 Å². The number of hydrogen-bond acceptors (Lipinski definition) is 9. The summed E-state index contributed by atoms with van der Waals surface area (Å²) in [4.78, 5) is 5.20. The van der Waals surface area contributed by atoms with E-state index in [-0.39, 0.29) is 0 Å². The summed E-state index contributed by atoms with van der Waals surface area (Å²) in [5.41, 5.74) is 1.92. The number of benzene rings is 4. The van der Waals surface area contributed by atoms with E-state index in [0.29, 0.717) is 15.6 Å². The molecule has 0 fully saturated rings. The number of H-pyrrole nitrogens is 1. The summed E-state index contributed by atoms with van der Waals surface area (Å²) in [5, 5.41) is 23.0. The van der Waals surface area contributed by atoms with Gasteiger partial charge < -0.3 is 4.57 Å². The van der Waals surface area contributed by atoms with Gasteiger partial charge in [0.25, 0.3) is 0 Å². The highest BCUT2D eigenvalue weighted by Gasteiger charge is 2.25. The van der Waals surface area contributed by atoms with Gasteiger partial charge in [-0.2, -0.15) is 10.5 Å². The smallest absolute Gasteiger partial charge is 0.203 e. The Hall–Kier alpha value is -4.75. The molecular formula is C34H35N6O3PS2. The molecule has 236 valence electrons. The van der Waals surface area contributed by atoms with Crippen LogP contribution in [0.3, 0.4) is 0 Å². The summed E-state index contributed by atoms with van der Waals surface area (Å²) in [6.07, 6.45) is 1.70. The van der Waals surface area contributed by atoms with Crippen LogP contribution in [0.15, 0.2) is 119 Å². The van der Waals surface area contributed by atoms with E-state index < -0.39 is 17.0 Å². The Morgan fingerprint density at radius 2 is 1.33 bits per heavy atom. The van der Waals surface area contributed by atoms with Crippen LogP contribution < -0.4 is 10.6 Å². The lowest BCUT2D eigenvalue weighted by molar-refractivity contribution is 0.590. The average molecular weight is 671 g/mol. The highest BCUT2D eigenvalue weighted by atomic mass is 32.2. The van der Waals surface area contributed by atoms with Crippen molar-refractivity contribution in [1.29, 1.82) is 5.26 Å². The van der Waals surface area contributed by atoms with Crippen LogP contribution in [0.25, 0.3) is 16.3 Å². The molecule has 0 saturated carbocycles. The molecule has 3 heterocycles. The van der Waals surface area contributed by atoms with Crippen molar-refractivity contribution in [2.75, 3.05) is 6.66 Å². The number of hydrogen-bond donors (Lipinski definition) is 1. The molecule has 0 spiro atoms. The Labute approximate surface area is 274 Å². The number of sulfone groups is 1. The van der Waals surface area contributed by atoms with E-state index in [4.69, 9.17) is 5.26 Å². The molecular weight excluding hydrogens is 636 g/mol. The van der Waals surface area contributed by atoms with Gasteiger partial charge in [-0.05, 0) is 57.3 Å². The normalized spacial score (nSPS) is 12.1. The minimum absolute atomic E-state index is 0.433. The Morgan fingerprint density at radius 3 is 1.80 bits per heavy atom. The molecule has 9 nitrogen and oxygen atoms in total. The third-order valence-corrected chi connectivity index (χ3v) is 11.8. The molecule has 0 atom stereocenters. The first-order valence-electron chi connectivity index (χ1n) is 14.0. The molecule has 0 saturated heterocycles. The highest BCUT2D eigenvalue weighted by molar-refractivity contribution is 7.95. The van der Waals surface area contributed by atoms with Crippen LogP contribution in [0.4, 0.5) is 0 Å². The van der Waals surface area contributed by atoms with Crippen molar-refractivity contribution in [2.24, 2.45) is 0 Å². The fraction of sp³-hybridized carbons (Fsp3) is 0.147. The van der Waals surface area contributed by atoms with E-state index in [1.165, 1.54) is 11.6 Å². The topological polar surface area (TPSA) is 142 Å². The monoisotopic (exact) mass is 670 g/mol. The third-order valence-electron chi connectivity index (χ3n) is 6.34. The standard InChI is InChI=1S/C13H13OP.C9H8O2S.C8H7NS.C2H4N4.C2H3N/c1-15(14,12-8-4-2-5-9-12)13-10-6-3-7-11-13;1-7-6-8-4-2-3-5-9(8)12(7,10)11;1-6-9-7-4-2-3-5-8(7)10-6;1-2-3-5-6-4-2;1-2-3/h2-11H,1H3;2-6H,1H3;2-5H,1H3;1H3,(H,3,4,5,6);1H3. The molecule has 0 aliphatic carbocycles. The molecule has 0 unspecified atom stereocenters. The van der Waals surface area contributed by atoms with Gasteiger partial charge in [0.15, 0.2) is 5.82 Å². The van der Waals surface area contributed by atoms with Crippen molar-refractivity contribution >= 4 is 55.2 Å². The molecule has 0 radical (unpaired) electrons. The predicted molar refractivity (Wildman–Crippen MR) is 188 cm³/mol. The fourth-order valence-corrected chi connectivity index (χ4v) is 8.02.